The van der Waals surface area contributed by atoms with E-state index in [1.807, 2.05) is 19.9 Å². The monoisotopic (exact) mass is 562 g/mol. The van der Waals surface area contributed by atoms with Crippen molar-refractivity contribution in [2.75, 3.05) is 7.11 Å². The van der Waals surface area contributed by atoms with Crippen molar-refractivity contribution in [1.82, 2.24) is 0 Å². The lowest BCUT2D eigenvalue weighted by atomic mass is 9.89. The molecule has 0 aliphatic carbocycles. The first-order valence-electron chi connectivity index (χ1n) is 11.7. The van der Waals surface area contributed by atoms with Crippen LogP contribution in [0.2, 0.25) is 0 Å². The van der Waals surface area contributed by atoms with Gasteiger partial charge in [-0.3, -0.25) is 0 Å². The van der Waals surface area contributed by atoms with Gasteiger partial charge in [0.05, 0.1) is 23.8 Å². The standard InChI is InChI=1S/C28H25F9NO/c1-15(2)16-5-9-25(39-3)23(13-16)22-7-6-19(26(29,30)31)10-17(22)4-8-24(38)18-11-20(27(32,33)34)14-21(12-18)28(35,36)37/h4-7,9-15,24H,8,38H2,1-3H3. The molecule has 0 aliphatic rings. The van der Waals surface area contributed by atoms with Crippen LogP contribution in [-0.4, -0.2) is 7.11 Å². The summed E-state index contributed by atoms with van der Waals surface area (Å²) in [7, 11) is 1.39. The normalized spacial score (nSPS) is 13.6. The summed E-state index contributed by atoms with van der Waals surface area (Å²) in [6.07, 6.45) is -13.9. The highest BCUT2D eigenvalue weighted by Crippen LogP contribution is 2.41. The molecule has 3 aromatic rings. The van der Waals surface area contributed by atoms with Crippen LogP contribution >= 0.6 is 0 Å². The maximum atomic E-state index is 13.5. The molecule has 1 unspecified atom stereocenters. The van der Waals surface area contributed by atoms with Gasteiger partial charge < -0.3 is 10.5 Å². The Bertz CT molecular complexity index is 1280. The van der Waals surface area contributed by atoms with E-state index in [1.165, 1.54) is 19.6 Å². The Morgan fingerprint density at radius 3 is 1.74 bits per heavy atom. The van der Waals surface area contributed by atoms with Gasteiger partial charge in [0.25, 0.3) is 0 Å². The van der Waals surface area contributed by atoms with E-state index in [-0.39, 0.29) is 24.0 Å². The van der Waals surface area contributed by atoms with E-state index in [4.69, 9.17) is 10.5 Å². The molecule has 1 atom stereocenters. The van der Waals surface area contributed by atoms with E-state index >= 15 is 0 Å². The second-order valence-corrected chi connectivity index (χ2v) is 9.30. The van der Waals surface area contributed by atoms with E-state index in [0.29, 0.717) is 29.0 Å². The maximum Gasteiger partial charge on any atom is 0.416 e. The third-order valence-corrected chi connectivity index (χ3v) is 6.19. The number of nitrogens with two attached hydrogens (primary N) is 1. The molecule has 211 valence electrons. The molecular weight excluding hydrogens is 537 g/mol. The van der Waals surface area contributed by atoms with Crippen LogP contribution in [0.4, 0.5) is 39.5 Å². The lowest BCUT2D eigenvalue weighted by Crippen LogP contribution is -2.16. The number of benzene rings is 3. The highest BCUT2D eigenvalue weighted by atomic mass is 19.4. The predicted octanol–water partition coefficient (Wildman–Crippen LogP) is 9.18. The first kappa shape index (κ1) is 30.3. The fourth-order valence-electron chi connectivity index (χ4n) is 4.03. The smallest absolute Gasteiger partial charge is 0.416 e. The third kappa shape index (κ3) is 7.26. The molecule has 0 fully saturated rings. The number of halogens is 9. The van der Waals surface area contributed by atoms with Crippen molar-refractivity contribution >= 4 is 0 Å². The average molecular weight is 562 g/mol. The number of hydrogen-bond donors (Lipinski definition) is 1. The molecule has 11 heteroatoms. The van der Waals surface area contributed by atoms with Gasteiger partial charge in [-0.1, -0.05) is 26.0 Å². The maximum absolute atomic E-state index is 13.5. The van der Waals surface area contributed by atoms with Gasteiger partial charge in [0.2, 0.25) is 0 Å². The van der Waals surface area contributed by atoms with Crippen molar-refractivity contribution in [3.63, 3.8) is 0 Å². The van der Waals surface area contributed by atoms with Gasteiger partial charge in [0, 0.05) is 11.6 Å². The zero-order valence-electron chi connectivity index (χ0n) is 21.0. The van der Waals surface area contributed by atoms with Crippen LogP contribution in [0.15, 0.2) is 54.6 Å². The minimum atomic E-state index is -5.06. The summed E-state index contributed by atoms with van der Waals surface area (Å²) in [5.41, 5.74) is 3.20. The Balaban J connectivity index is 2.06. The highest BCUT2D eigenvalue weighted by Gasteiger charge is 2.37. The zero-order chi connectivity index (χ0) is 29.3. The molecule has 1 radical (unpaired) electrons. The van der Waals surface area contributed by atoms with Gasteiger partial charge in [-0.05, 0) is 83.5 Å². The summed E-state index contributed by atoms with van der Waals surface area (Å²) in [6.45, 7) is 3.85. The molecule has 3 aromatic carbocycles. The van der Waals surface area contributed by atoms with E-state index in [0.717, 1.165) is 17.7 Å². The number of methoxy groups -OCH3 is 1. The fraction of sp³-hybridized carbons (Fsp3) is 0.321. The minimum Gasteiger partial charge on any atom is -0.496 e. The van der Waals surface area contributed by atoms with E-state index in [2.05, 4.69) is 0 Å². The van der Waals surface area contributed by atoms with Crippen molar-refractivity contribution in [2.45, 2.75) is 50.8 Å². The van der Waals surface area contributed by atoms with E-state index in [9.17, 15) is 39.5 Å². The van der Waals surface area contributed by atoms with E-state index in [1.54, 1.807) is 12.1 Å². The summed E-state index contributed by atoms with van der Waals surface area (Å²) < 4.78 is 126. The molecular formula is C28H25F9NO. The summed E-state index contributed by atoms with van der Waals surface area (Å²) >= 11 is 0. The topological polar surface area (TPSA) is 35.2 Å². The van der Waals surface area contributed by atoms with Crippen molar-refractivity contribution in [3.8, 4) is 16.9 Å². The van der Waals surface area contributed by atoms with Crippen LogP contribution in [-0.2, 0) is 18.5 Å². The Labute approximate surface area is 219 Å². The molecule has 39 heavy (non-hydrogen) atoms. The summed E-state index contributed by atoms with van der Waals surface area (Å²) in [5.74, 6) is 0.444. The first-order valence-corrected chi connectivity index (χ1v) is 11.7. The second-order valence-electron chi connectivity index (χ2n) is 9.30. The molecule has 0 saturated heterocycles. The number of hydrogen-bond acceptors (Lipinski definition) is 2. The Morgan fingerprint density at radius 2 is 1.26 bits per heavy atom. The zero-order valence-corrected chi connectivity index (χ0v) is 21.0. The first-order chi connectivity index (χ1) is 17.9. The van der Waals surface area contributed by atoms with Crippen LogP contribution < -0.4 is 10.5 Å². The van der Waals surface area contributed by atoms with Crippen LogP contribution in [0.1, 0.15) is 65.6 Å². The summed E-state index contributed by atoms with van der Waals surface area (Å²) in [4.78, 5) is 0. The lowest BCUT2D eigenvalue weighted by Gasteiger charge is -2.20. The summed E-state index contributed by atoms with van der Waals surface area (Å²) in [6, 6.07) is 7.85. The molecule has 0 heterocycles. The fourth-order valence-corrected chi connectivity index (χ4v) is 4.03. The third-order valence-electron chi connectivity index (χ3n) is 6.19. The average Bonchev–Trinajstić information content (AvgIpc) is 2.84. The Kier molecular flexibility index (Phi) is 8.64. The molecule has 2 N–H and O–H groups in total. The SMILES string of the molecule is COc1ccc(C(C)C)cc1-c1ccc(C(F)(F)F)cc1[CH]CC(N)c1cc(C(F)(F)F)cc(C(F)(F)F)c1. The van der Waals surface area contributed by atoms with Gasteiger partial charge in [-0.25, -0.2) is 0 Å². The molecule has 0 bridgehead atoms. The molecule has 2 nitrogen and oxygen atoms in total. The summed E-state index contributed by atoms with van der Waals surface area (Å²) in [5, 5.41) is 0. The number of rotatable bonds is 7. The lowest BCUT2D eigenvalue weighted by molar-refractivity contribution is -0.143. The van der Waals surface area contributed by atoms with Gasteiger partial charge >= 0.3 is 18.5 Å². The Hall–Kier alpha value is -3.21. The van der Waals surface area contributed by atoms with Crippen molar-refractivity contribution in [2.24, 2.45) is 5.73 Å². The van der Waals surface area contributed by atoms with E-state index < -0.39 is 46.8 Å². The second kappa shape index (κ2) is 11.1. The molecule has 3 rings (SSSR count). The van der Waals surface area contributed by atoms with Crippen LogP contribution in [0.25, 0.3) is 11.1 Å². The number of alkyl halides is 9. The van der Waals surface area contributed by atoms with Crippen LogP contribution in [0.5, 0.6) is 5.75 Å². The molecule has 0 spiro atoms. The molecule has 0 aliphatic heterocycles. The molecule has 0 amide bonds. The Morgan fingerprint density at radius 1 is 0.692 bits per heavy atom. The minimum absolute atomic E-state index is 0.0150. The van der Waals surface area contributed by atoms with Crippen molar-refractivity contribution < 1.29 is 44.3 Å². The van der Waals surface area contributed by atoms with Crippen LogP contribution in [0, 0.1) is 6.42 Å². The highest BCUT2D eigenvalue weighted by molar-refractivity contribution is 5.76. The van der Waals surface area contributed by atoms with Gasteiger partial charge in [-0.2, -0.15) is 39.5 Å². The van der Waals surface area contributed by atoms with Crippen molar-refractivity contribution in [1.29, 1.82) is 0 Å². The quantitative estimate of drug-likeness (QED) is 0.292. The molecule has 0 aromatic heterocycles. The van der Waals surface area contributed by atoms with Crippen LogP contribution in [0.3, 0.4) is 0 Å². The van der Waals surface area contributed by atoms with Gasteiger partial charge in [0.1, 0.15) is 5.75 Å². The largest absolute Gasteiger partial charge is 0.496 e. The van der Waals surface area contributed by atoms with Gasteiger partial charge in [-0.15, -0.1) is 0 Å². The van der Waals surface area contributed by atoms with Crippen molar-refractivity contribution in [3.05, 3.63) is 94.4 Å². The van der Waals surface area contributed by atoms with Gasteiger partial charge in [0.15, 0.2) is 0 Å². The molecule has 0 saturated carbocycles. The predicted molar refractivity (Wildman–Crippen MR) is 129 cm³/mol. The number of ether oxygens (including phenoxy) is 1.